The van der Waals surface area contributed by atoms with Crippen LogP contribution in [0.5, 0.6) is 0 Å². The highest BCUT2D eigenvalue weighted by Crippen LogP contribution is 1.93. The van der Waals surface area contributed by atoms with Gasteiger partial charge in [0.25, 0.3) is 5.91 Å². The number of rotatable bonds is 3. The number of nitrogens with zero attached hydrogens (tertiary/aromatic N) is 1. The van der Waals surface area contributed by atoms with Gasteiger partial charge in [-0.3, -0.25) is 14.4 Å². The summed E-state index contributed by atoms with van der Waals surface area (Å²) in [5.41, 5.74) is 2.16. The molecule has 0 spiro atoms. The van der Waals surface area contributed by atoms with Gasteiger partial charge in [-0.2, -0.15) is 0 Å². The van der Waals surface area contributed by atoms with Crippen molar-refractivity contribution in [2.45, 2.75) is 0 Å². The monoisotopic (exact) mass is 223 g/mol. The zero-order valence-electron chi connectivity index (χ0n) is 7.91. The van der Waals surface area contributed by atoms with Crippen LogP contribution in [0.25, 0.3) is 0 Å². The molecule has 1 saturated heterocycles. The Balaban J connectivity index is 0.00000169. The van der Waals surface area contributed by atoms with Gasteiger partial charge in [0.05, 0.1) is 13.7 Å². The van der Waals surface area contributed by atoms with E-state index < -0.39 is 0 Å². The molecule has 2 amide bonds. The van der Waals surface area contributed by atoms with Crippen LogP contribution in [-0.4, -0.2) is 50.0 Å². The van der Waals surface area contributed by atoms with Crippen LogP contribution >= 0.6 is 12.4 Å². The van der Waals surface area contributed by atoms with Crippen LogP contribution < -0.4 is 10.8 Å². The van der Waals surface area contributed by atoms with Gasteiger partial charge in [-0.25, -0.2) is 5.48 Å². The molecule has 82 valence electrons. The summed E-state index contributed by atoms with van der Waals surface area (Å²) in [6, 6.07) is 0. The van der Waals surface area contributed by atoms with Gasteiger partial charge < -0.3 is 10.2 Å². The average molecular weight is 224 g/mol. The molecule has 0 aromatic carbocycles. The van der Waals surface area contributed by atoms with Crippen molar-refractivity contribution in [1.82, 2.24) is 15.7 Å². The van der Waals surface area contributed by atoms with Gasteiger partial charge in [0.15, 0.2) is 0 Å². The molecule has 1 rings (SSSR count). The second-order valence-electron chi connectivity index (χ2n) is 2.72. The van der Waals surface area contributed by atoms with Crippen LogP contribution in [-0.2, 0) is 14.4 Å². The second-order valence-corrected chi connectivity index (χ2v) is 2.72. The van der Waals surface area contributed by atoms with Crippen LogP contribution in [0.1, 0.15) is 0 Å². The van der Waals surface area contributed by atoms with E-state index in [2.05, 4.69) is 15.6 Å². The third kappa shape index (κ3) is 3.91. The number of amides is 2. The van der Waals surface area contributed by atoms with Crippen molar-refractivity contribution in [3.63, 3.8) is 0 Å². The smallest absolute Gasteiger partial charge is 0.263 e. The van der Waals surface area contributed by atoms with Crippen molar-refractivity contribution in [3.8, 4) is 0 Å². The zero-order chi connectivity index (χ0) is 9.68. The van der Waals surface area contributed by atoms with E-state index in [9.17, 15) is 9.59 Å². The summed E-state index contributed by atoms with van der Waals surface area (Å²) in [7, 11) is 1.36. The molecule has 0 aliphatic carbocycles. The van der Waals surface area contributed by atoms with E-state index in [0.29, 0.717) is 13.1 Å². The highest BCUT2D eigenvalue weighted by molar-refractivity contribution is 5.85. The zero-order valence-corrected chi connectivity index (χ0v) is 8.73. The Morgan fingerprint density at radius 2 is 2.43 bits per heavy atom. The number of carbonyl (C=O) groups excluding carboxylic acids is 2. The molecule has 1 aliphatic heterocycles. The molecule has 0 saturated carbocycles. The molecule has 0 aromatic heterocycles. The molecular formula is C7H14ClN3O3. The molecule has 1 fully saturated rings. The van der Waals surface area contributed by atoms with Crippen molar-refractivity contribution in [2.75, 3.05) is 33.3 Å². The van der Waals surface area contributed by atoms with Crippen LogP contribution in [0.15, 0.2) is 0 Å². The largest absolute Gasteiger partial charge is 0.331 e. The average Bonchev–Trinajstić information content (AvgIpc) is 2.09. The lowest BCUT2D eigenvalue weighted by Crippen LogP contribution is -2.51. The maximum Gasteiger partial charge on any atom is 0.263 e. The lowest BCUT2D eigenvalue weighted by Gasteiger charge is -2.26. The molecule has 1 heterocycles. The number of hydrogen-bond donors (Lipinski definition) is 2. The highest BCUT2D eigenvalue weighted by atomic mass is 35.5. The fourth-order valence-corrected chi connectivity index (χ4v) is 1.13. The fraction of sp³-hybridized carbons (Fsp3) is 0.714. The van der Waals surface area contributed by atoms with Crippen molar-refractivity contribution in [1.29, 1.82) is 0 Å². The van der Waals surface area contributed by atoms with Gasteiger partial charge in [-0.15, -0.1) is 12.4 Å². The Kier molecular flexibility index (Phi) is 6.18. The van der Waals surface area contributed by atoms with E-state index in [1.165, 1.54) is 12.0 Å². The summed E-state index contributed by atoms with van der Waals surface area (Å²) in [6.45, 7) is 1.66. The molecule has 0 radical (unpaired) electrons. The topological polar surface area (TPSA) is 70.7 Å². The first kappa shape index (κ1) is 13.2. The third-order valence-corrected chi connectivity index (χ3v) is 1.74. The highest BCUT2D eigenvalue weighted by Gasteiger charge is 2.19. The summed E-state index contributed by atoms with van der Waals surface area (Å²) < 4.78 is 0. The van der Waals surface area contributed by atoms with Crippen LogP contribution in [0, 0.1) is 0 Å². The van der Waals surface area contributed by atoms with Crippen LogP contribution in [0.2, 0.25) is 0 Å². The first-order valence-corrected chi connectivity index (χ1v) is 4.04. The molecule has 0 bridgehead atoms. The van der Waals surface area contributed by atoms with Gasteiger partial charge in [-0.1, -0.05) is 0 Å². The SMILES string of the molecule is CONC(=O)CN1CCNCC1=O.Cl. The summed E-state index contributed by atoms with van der Waals surface area (Å²) in [5, 5.41) is 2.92. The molecule has 0 atom stereocenters. The fourth-order valence-electron chi connectivity index (χ4n) is 1.13. The van der Waals surface area contributed by atoms with Crippen molar-refractivity contribution < 1.29 is 14.4 Å². The van der Waals surface area contributed by atoms with Gasteiger partial charge >= 0.3 is 0 Å². The molecular weight excluding hydrogens is 210 g/mol. The first-order chi connectivity index (χ1) is 6.24. The number of halogens is 1. The van der Waals surface area contributed by atoms with Crippen molar-refractivity contribution in [3.05, 3.63) is 0 Å². The molecule has 7 heteroatoms. The van der Waals surface area contributed by atoms with Gasteiger partial charge in [0.2, 0.25) is 5.91 Å². The van der Waals surface area contributed by atoms with Gasteiger partial charge in [0, 0.05) is 13.1 Å². The predicted molar refractivity (Wildman–Crippen MR) is 51.8 cm³/mol. The normalized spacial score (nSPS) is 16.1. The van der Waals surface area contributed by atoms with Crippen molar-refractivity contribution in [2.24, 2.45) is 0 Å². The third-order valence-electron chi connectivity index (χ3n) is 1.74. The maximum atomic E-state index is 11.2. The molecule has 0 aromatic rings. The number of carbonyl (C=O) groups is 2. The second kappa shape index (κ2) is 6.58. The van der Waals surface area contributed by atoms with Gasteiger partial charge in [0.1, 0.15) is 6.54 Å². The Bertz CT molecular complexity index is 212. The van der Waals surface area contributed by atoms with E-state index in [-0.39, 0.29) is 30.8 Å². The minimum atomic E-state index is -0.308. The van der Waals surface area contributed by atoms with E-state index in [1.54, 1.807) is 0 Å². The van der Waals surface area contributed by atoms with Crippen LogP contribution in [0.3, 0.4) is 0 Å². The lowest BCUT2D eigenvalue weighted by atomic mass is 10.3. The summed E-state index contributed by atoms with van der Waals surface area (Å²) in [5.74, 6) is -0.366. The lowest BCUT2D eigenvalue weighted by molar-refractivity contribution is -0.141. The van der Waals surface area contributed by atoms with Crippen molar-refractivity contribution >= 4 is 24.2 Å². The standard InChI is InChI=1S/C7H13N3O3.ClH/c1-13-9-6(11)5-10-3-2-8-4-7(10)12;/h8H,2-5H2,1H3,(H,9,11);1H. The van der Waals surface area contributed by atoms with E-state index in [0.717, 1.165) is 6.54 Å². The number of piperazine rings is 1. The Labute approximate surface area is 88.3 Å². The maximum absolute atomic E-state index is 11.2. The minimum Gasteiger partial charge on any atom is -0.331 e. The molecule has 1 aliphatic rings. The van der Waals surface area contributed by atoms with E-state index in [1.807, 2.05) is 0 Å². The van der Waals surface area contributed by atoms with Crippen LogP contribution in [0.4, 0.5) is 0 Å². The quantitative estimate of drug-likeness (QED) is 0.573. The summed E-state index contributed by atoms with van der Waals surface area (Å²) >= 11 is 0. The number of hydrogen-bond acceptors (Lipinski definition) is 4. The molecule has 6 nitrogen and oxygen atoms in total. The first-order valence-electron chi connectivity index (χ1n) is 4.04. The Morgan fingerprint density at radius 3 is 3.00 bits per heavy atom. The van der Waals surface area contributed by atoms with E-state index in [4.69, 9.17) is 0 Å². The molecule has 0 unspecified atom stereocenters. The molecule has 2 N–H and O–H groups in total. The Hall–Kier alpha value is -0.850. The van der Waals surface area contributed by atoms with Gasteiger partial charge in [-0.05, 0) is 0 Å². The summed E-state index contributed by atoms with van der Waals surface area (Å²) in [4.78, 5) is 28.1. The summed E-state index contributed by atoms with van der Waals surface area (Å²) in [6.07, 6.45) is 0. The predicted octanol–water partition coefficient (Wildman–Crippen LogP) is -1.48. The number of hydroxylamine groups is 1. The molecule has 14 heavy (non-hydrogen) atoms. The number of nitrogens with one attached hydrogen (secondary N) is 2. The Morgan fingerprint density at radius 1 is 1.71 bits per heavy atom. The minimum absolute atomic E-state index is 0. The van der Waals surface area contributed by atoms with E-state index >= 15 is 0 Å².